The quantitative estimate of drug-likeness (QED) is 0.661. The van der Waals surface area contributed by atoms with Crippen LogP contribution in [0.25, 0.3) is 0 Å². The van der Waals surface area contributed by atoms with Crippen molar-refractivity contribution in [3.8, 4) is 0 Å². The molecule has 0 saturated heterocycles. The monoisotopic (exact) mass is 195 g/mol. The molecule has 76 valence electrons. The van der Waals surface area contributed by atoms with Gasteiger partial charge in [0.05, 0.1) is 0 Å². The maximum absolute atomic E-state index is 5.17. The Morgan fingerprint density at radius 3 is 1.42 bits per heavy atom. The molecule has 0 saturated carbocycles. The predicted molar refractivity (Wildman–Crippen MR) is 52.0 cm³/mol. The lowest BCUT2D eigenvalue weighted by Crippen LogP contribution is -2.42. The summed E-state index contributed by atoms with van der Waals surface area (Å²) in [4.78, 5) is 0. The molecular weight excluding hydrogens is 174 g/mol. The van der Waals surface area contributed by atoms with Crippen molar-refractivity contribution in [3.05, 3.63) is 0 Å². The van der Waals surface area contributed by atoms with Crippen LogP contribution in [0.2, 0.25) is 6.04 Å². The topological polar surface area (TPSA) is 53.7 Å². The zero-order valence-electron chi connectivity index (χ0n) is 8.72. The van der Waals surface area contributed by atoms with Crippen LogP contribution in [0.15, 0.2) is 0 Å². The van der Waals surface area contributed by atoms with Crippen molar-refractivity contribution < 1.29 is 13.3 Å². The Morgan fingerprint density at radius 1 is 1.00 bits per heavy atom. The zero-order valence-corrected chi connectivity index (χ0v) is 9.72. The van der Waals surface area contributed by atoms with Gasteiger partial charge in [0.1, 0.15) is 0 Å². The van der Waals surface area contributed by atoms with Crippen molar-refractivity contribution >= 4 is 8.80 Å². The Morgan fingerprint density at radius 2 is 1.33 bits per heavy atom. The predicted octanol–water partition coefficient (Wildman–Crippen LogP) is 0.849. The number of hydrogen-bond donors (Lipinski definition) is 1. The normalized spacial score (nSPS) is 10.5. The molecule has 0 spiro atoms. The minimum Gasteiger partial charge on any atom is -0.377 e. The van der Waals surface area contributed by atoms with Gasteiger partial charge >= 0.3 is 8.80 Å². The van der Waals surface area contributed by atoms with Crippen LogP contribution >= 0.6 is 0 Å². The highest BCUT2D eigenvalue weighted by atomic mass is 28.4. The molecule has 0 aromatic heterocycles. The number of nitrogens with two attached hydrogens (primary N) is 1. The minimum absolute atomic E-state index is 0.885. The smallest absolute Gasteiger partial charge is 0.377 e. The summed E-state index contributed by atoms with van der Waals surface area (Å²) in [7, 11) is 4.18. The van der Waals surface area contributed by atoms with E-state index in [9.17, 15) is 0 Å². The highest BCUT2D eigenvalue weighted by molar-refractivity contribution is 6.60. The molecule has 0 aliphatic rings. The molecule has 5 heteroatoms. The molecular formula is C7H21NO3Si. The summed E-state index contributed by atoms with van der Waals surface area (Å²) in [6.45, 7) is 2.08. The fourth-order valence-electron chi connectivity index (χ4n) is 0.862. The van der Waals surface area contributed by atoms with Crippen LogP contribution in [-0.2, 0) is 13.3 Å². The van der Waals surface area contributed by atoms with Crippen LogP contribution in [0, 0.1) is 0 Å². The first kappa shape index (κ1) is 14.6. The third-order valence-electron chi connectivity index (χ3n) is 1.49. The van der Waals surface area contributed by atoms with Crippen LogP contribution < -0.4 is 5.73 Å². The Hall–Kier alpha value is 0.0569. The summed E-state index contributed by atoms with van der Waals surface area (Å²) >= 11 is 0. The van der Waals surface area contributed by atoms with Gasteiger partial charge in [0.25, 0.3) is 0 Å². The maximum atomic E-state index is 5.17. The van der Waals surface area contributed by atoms with Gasteiger partial charge in [-0.1, -0.05) is 13.3 Å². The Kier molecular flexibility index (Phi) is 11.1. The van der Waals surface area contributed by atoms with Gasteiger partial charge in [-0.15, -0.1) is 0 Å². The van der Waals surface area contributed by atoms with E-state index in [4.69, 9.17) is 13.3 Å². The second-order valence-corrected chi connectivity index (χ2v) is 5.14. The molecule has 0 rings (SSSR count). The largest absolute Gasteiger partial charge is 0.500 e. The highest BCUT2D eigenvalue weighted by Gasteiger charge is 2.36. The molecule has 0 radical (unpaired) electrons. The van der Waals surface area contributed by atoms with Gasteiger partial charge in [0.2, 0.25) is 0 Å². The molecule has 0 aliphatic carbocycles. The minimum atomic E-state index is -2.22. The zero-order chi connectivity index (χ0) is 10.0. The number of rotatable bonds is 5. The Bertz CT molecular complexity index is 80.5. The molecule has 12 heavy (non-hydrogen) atoms. The molecule has 0 aromatic rings. The molecule has 0 fully saturated rings. The fourth-order valence-corrected chi connectivity index (χ4v) is 2.59. The summed E-state index contributed by atoms with van der Waals surface area (Å²) < 4.78 is 15.5. The average molecular weight is 195 g/mol. The lowest BCUT2D eigenvalue weighted by atomic mass is 10.6. The first-order valence-corrected chi connectivity index (χ1v) is 5.91. The van der Waals surface area contributed by atoms with Crippen molar-refractivity contribution in [2.24, 2.45) is 5.73 Å². The molecule has 0 atom stereocenters. The van der Waals surface area contributed by atoms with Gasteiger partial charge in [-0.25, -0.2) is 0 Å². The highest BCUT2D eigenvalue weighted by Crippen LogP contribution is 2.13. The second kappa shape index (κ2) is 9.15. The lowest BCUT2D eigenvalue weighted by Gasteiger charge is -2.23. The third-order valence-corrected chi connectivity index (χ3v) is 4.47. The molecule has 0 aromatic carbocycles. The van der Waals surface area contributed by atoms with E-state index in [-0.39, 0.29) is 0 Å². The molecule has 4 nitrogen and oxygen atoms in total. The first-order chi connectivity index (χ1) is 5.74. The molecule has 0 amide bonds. The average Bonchev–Trinajstić information content (AvgIpc) is 2.18. The molecule has 0 bridgehead atoms. The van der Waals surface area contributed by atoms with Crippen molar-refractivity contribution in [2.75, 3.05) is 28.4 Å². The van der Waals surface area contributed by atoms with Gasteiger partial charge in [0, 0.05) is 27.4 Å². The number of hydrogen-bond acceptors (Lipinski definition) is 4. The van der Waals surface area contributed by atoms with Crippen LogP contribution in [0.5, 0.6) is 0 Å². The van der Waals surface area contributed by atoms with Gasteiger partial charge in [-0.3, -0.25) is 0 Å². The Balaban J connectivity index is 0. The SMILES string of the molecule is CCC[Si](OC)(OC)OC.CN. The van der Waals surface area contributed by atoms with Gasteiger partial charge in [-0.05, 0) is 7.05 Å². The summed E-state index contributed by atoms with van der Waals surface area (Å²) in [5, 5.41) is 0. The first-order valence-electron chi connectivity index (χ1n) is 3.98. The van der Waals surface area contributed by atoms with Crippen molar-refractivity contribution in [3.63, 3.8) is 0 Å². The van der Waals surface area contributed by atoms with Gasteiger partial charge < -0.3 is 19.0 Å². The summed E-state index contributed by atoms with van der Waals surface area (Å²) in [5.74, 6) is 0. The summed E-state index contributed by atoms with van der Waals surface area (Å²) in [6.07, 6.45) is 1.03. The van der Waals surface area contributed by atoms with E-state index >= 15 is 0 Å². The summed E-state index contributed by atoms with van der Waals surface area (Å²) in [5.41, 5.74) is 4.50. The molecule has 0 heterocycles. The van der Waals surface area contributed by atoms with Gasteiger partial charge in [0.15, 0.2) is 0 Å². The maximum Gasteiger partial charge on any atom is 0.500 e. The van der Waals surface area contributed by atoms with E-state index in [1.54, 1.807) is 21.3 Å². The van der Waals surface area contributed by atoms with Crippen LogP contribution in [0.3, 0.4) is 0 Å². The second-order valence-electron chi connectivity index (χ2n) is 2.05. The Labute approximate surface area is 76.4 Å². The van der Waals surface area contributed by atoms with E-state index in [0.29, 0.717) is 0 Å². The van der Waals surface area contributed by atoms with E-state index < -0.39 is 8.80 Å². The van der Waals surface area contributed by atoms with Crippen LogP contribution in [-0.4, -0.2) is 37.2 Å². The lowest BCUT2D eigenvalue weighted by molar-refractivity contribution is 0.123. The molecule has 0 aliphatic heterocycles. The van der Waals surface area contributed by atoms with E-state index in [2.05, 4.69) is 12.7 Å². The molecule has 2 N–H and O–H groups in total. The van der Waals surface area contributed by atoms with Gasteiger partial charge in [-0.2, -0.15) is 0 Å². The standard InChI is InChI=1S/C6H16O3Si.CH5N/c1-5-6-10(7-2,8-3)9-4;1-2/h5-6H2,1-4H3;2H2,1H3. The van der Waals surface area contributed by atoms with E-state index in [1.807, 2.05) is 0 Å². The fraction of sp³-hybridized carbons (Fsp3) is 1.00. The van der Waals surface area contributed by atoms with Crippen LogP contribution in [0.1, 0.15) is 13.3 Å². The van der Waals surface area contributed by atoms with Crippen molar-refractivity contribution in [1.82, 2.24) is 0 Å². The van der Waals surface area contributed by atoms with Crippen molar-refractivity contribution in [2.45, 2.75) is 19.4 Å². The summed E-state index contributed by atoms with van der Waals surface area (Å²) in [6, 6.07) is 0.885. The van der Waals surface area contributed by atoms with Crippen molar-refractivity contribution in [1.29, 1.82) is 0 Å². The van der Waals surface area contributed by atoms with E-state index in [0.717, 1.165) is 12.5 Å². The molecule has 0 unspecified atom stereocenters. The van der Waals surface area contributed by atoms with Crippen LogP contribution in [0.4, 0.5) is 0 Å². The van der Waals surface area contributed by atoms with E-state index in [1.165, 1.54) is 7.05 Å². The third kappa shape index (κ3) is 4.84.